The van der Waals surface area contributed by atoms with Gasteiger partial charge in [-0.15, -0.1) is 0 Å². The SMILES string of the molecule is CN(CCc1ccccc1N)Cc1cccc(Cl)c1. The Morgan fingerprint density at radius 1 is 1.11 bits per heavy atom. The summed E-state index contributed by atoms with van der Waals surface area (Å²) in [5.74, 6) is 0. The Labute approximate surface area is 119 Å². The molecule has 0 amide bonds. The summed E-state index contributed by atoms with van der Waals surface area (Å²) in [4.78, 5) is 2.28. The van der Waals surface area contributed by atoms with Crippen molar-refractivity contribution in [1.82, 2.24) is 4.90 Å². The number of nitrogen functional groups attached to an aromatic ring is 1. The van der Waals surface area contributed by atoms with Crippen LogP contribution in [0.15, 0.2) is 48.5 Å². The number of likely N-dealkylation sites (N-methyl/N-ethyl adjacent to an activating group) is 1. The molecule has 2 aromatic carbocycles. The van der Waals surface area contributed by atoms with Gasteiger partial charge < -0.3 is 10.6 Å². The topological polar surface area (TPSA) is 29.3 Å². The van der Waals surface area contributed by atoms with Gasteiger partial charge >= 0.3 is 0 Å². The van der Waals surface area contributed by atoms with Crippen molar-refractivity contribution in [3.63, 3.8) is 0 Å². The van der Waals surface area contributed by atoms with Gasteiger partial charge in [-0.3, -0.25) is 0 Å². The van der Waals surface area contributed by atoms with Gasteiger partial charge in [-0.2, -0.15) is 0 Å². The molecule has 0 fully saturated rings. The maximum Gasteiger partial charge on any atom is 0.0409 e. The summed E-state index contributed by atoms with van der Waals surface area (Å²) >= 11 is 5.99. The average Bonchev–Trinajstić information content (AvgIpc) is 2.38. The molecule has 19 heavy (non-hydrogen) atoms. The fourth-order valence-electron chi connectivity index (χ4n) is 2.10. The zero-order valence-corrected chi connectivity index (χ0v) is 11.9. The minimum absolute atomic E-state index is 0.790. The summed E-state index contributed by atoms with van der Waals surface area (Å²) in [6.45, 7) is 1.87. The van der Waals surface area contributed by atoms with Crippen LogP contribution in [0, 0.1) is 0 Å². The van der Waals surface area contributed by atoms with Gasteiger partial charge in [0.2, 0.25) is 0 Å². The van der Waals surface area contributed by atoms with Crippen LogP contribution < -0.4 is 5.73 Å². The van der Waals surface area contributed by atoms with Crippen LogP contribution in [0.3, 0.4) is 0 Å². The van der Waals surface area contributed by atoms with Crippen molar-refractivity contribution in [2.24, 2.45) is 0 Å². The quantitative estimate of drug-likeness (QED) is 0.844. The number of nitrogens with zero attached hydrogens (tertiary/aromatic N) is 1. The van der Waals surface area contributed by atoms with E-state index in [9.17, 15) is 0 Å². The van der Waals surface area contributed by atoms with Gasteiger partial charge in [-0.05, 0) is 42.8 Å². The van der Waals surface area contributed by atoms with E-state index in [1.807, 2.05) is 36.4 Å². The van der Waals surface area contributed by atoms with Crippen molar-refractivity contribution in [2.75, 3.05) is 19.3 Å². The highest BCUT2D eigenvalue weighted by Crippen LogP contribution is 2.14. The highest BCUT2D eigenvalue weighted by molar-refractivity contribution is 6.30. The monoisotopic (exact) mass is 274 g/mol. The fourth-order valence-corrected chi connectivity index (χ4v) is 2.31. The number of hydrogen-bond donors (Lipinski definition) is 1. The predicted molar refractivity (Wildman–Crippen MR) is 82.3 cm³/mol. The Morgan fingerprint density at radius 2 is 1.89 bits per heavy atom. The minimum atomic E-state index is 0.790. The Bertz CT molecular complexity index is 540. The molecular formula is C16H19ClN2. The highest BCUT2D eigenvalue weighted by atomic mass is 35.5. The van der Waals surface area contributed by atoms with Crippen molar-refractivity contribution in [3.8, 4) is 0 Å². The number of rotatable bonds is 5. The molecule has 0 heterocycles. The molecule has 2 rings (SSSR count). The smallest absolute Gasteiger partial charge is 0.0409 e. The van der Waals surface area contributed by atoms with Crippen LogP contribution in [0.5, 0.6) is 0 Å². The lowest BCUT2D eigenvalue weighted by atomic mass is 10.1. The first-order chi connectivity index (χ1) is 9.15. The second kappa shape index (κ2) is 6.60. The van der Waals surface area contributed by atoms with Crippen molar-refractivity contribution in [1.29, 1.82) is 0 Å². The molecule has 0 spiro atoms. The number of benzene rings is 2. The lowest BCUT2D eigenvalue weighted by molar-refractivity contribution is 0.331. The van der Waals surface area contributed by atoms with Gasteiger partial charge in [-0.25, -0.2) is 0 Å². The van der Waals surface area contributed by atoms with Crippen molar-refractivity contribution >= 4 is 17.3 Å². The summed E-state index contributed by atoms with van der Waals surface area (Å²) in [6, 6.07) is 16.0. The fraction of sp³-hybridized carbons (Fsp3) is 0.250. The lowest BCUT2D eigenvalue weighted by Crippen LogP contribution is -2.21. The molecular weight excluding hydrogens is 256 g/mol. The second-order valence-electron chi connectivity index (χ2n) is 4.82. The Morgan fingerprint density at radius 3 is 2.63 bits per heavy atom. The maximum atomic E-state index is 5.99. The Hall–Kier alpha value is -1.51. The third-order valence-corrected chi connectivity index (χ3v) is 3.39. The van der Waals surface area contributed by atoms with Crippen LogP contribution >= 0.6 is 11.6 Å². The van der Waals surface area contributed by atoms with Gasteiger partial charge in [0, 0.05) is 23.8 Å². The normalized spacial score (nSPS) is 10.9. The van der Waals surface area contributed by atoms with E-state index in [4.69, 9.17) is 17.3 Å². The van der Waals surface area contributed by atoms with Crippen molar-refractivity contribution in [2.45, 2.75) is 13.0 Å². The van der Waals surface area contributed by atoms with Gasteiger partial charge in [-0.1, -0.05) is 41.9 Å². The molecule has 2 N–H and O–H groups in total. The molecule has 0 unspecified atom stereocenters. The maximum absolute atomic E-state index is 5.99. The molecule has 0 saturated carbocycles. The molecule has 0 bridgehead atoms. The molecule has 0 radical (unpaired) electrons. The summed E-state index contributed by atoms with van der Waals surface area (Å²) in [7, 11) is 2.11. The zero-order valence-electron chi connectivity index (χ0n) is 11.1. The van der Waals surface area contributed by atoms with Crippen molar-refractivity contribution < 1.29 is 0 Å². The average molecular weight is 275 g/mol. The molecule has 2 aromatic rings. The largest absolute Gasteiger partial charge is 0.399 e. The van der Waals surface area contributed by atoms with Gasteiger partial charge in [0.1, 0.15) is 0 Å². The third-order valence-electron chi connectivity index (χ3n) is 3.16. The molecule has 0 atom stereocenters. The summed E-state index contributed by atoms with van der Waals surface area (Å²) < 4.78 is 0. The number of hydrogen-bond acceptors (Lipinski definition) is 2. The van der Waals surface area contributed by atoms with Gasteiger partial charge in [0.25, 0.3) is 0 Å². The van der Waals surface area contributed by atoms with Crippen LogP contribution in [0.2, 0.25) is 5.02 Å². The first-order valence-electron chi connectivity index (χ1n) is 6.41. The lowest BCUT2D eigenvalue weighted by Gasteiger charge is -2.17. The Balaban J connectivity index is 1.88. The molecule has 0 saturated heterocycles. The first kappa shape index (κ1) is 13.9. The van der Waals surface area contributed by atoms with E-state index in [0.717, 1.165) is 30.2 Å². The van der Waals surface area contributed by atoms with E-state index in [2.05, 4.69) is 24.1 Å². The summed E-state index contributed by atoms with van der Waals surface area (Å²) in [6.07, 6.45) is 0.962. The standard InChI is InChI=1S/C16H19ClN2/c1-19(12-13-5-4-7-15(17)11-13)10-9-14-6-2-3-8-16(14)18/h2-8,11H,9-10,12,18H2,1H3. The van der Waals surface area contributed by atoms with Crippen LogP contribution in [-0.2, 0) is 13.0 Å². The molecule has 0 aliphatic rings. The summed E-state index contributed by atoms with van der Waals surface area (Å²) in [5, 5.41) is 0.790. The van der Waals surface area contributed by atoms with E-state index < -0.39 is 0 Å². The number of para-hydroxylation sites is 1. The zero-order chi connectivity index (χ0) is 13.7. The van der Waals surface area contributed by atoms with Crippen LogP contribution in [0.1, 0.15) is 11.1 Å². The first-order valence-corrected chi connectivity index (χ1v) is 6.79. The predicted octanol–water partition coefficient (Wildman–Crippen LogP) is 3.60. The van der Waals surface area contributed by atoms with Gasteiger partial charge in [0.15, 0.2) is 0 Å². The molecule has 2 nitrogen and oxygen atoms in total. The van der Waals surface area contributed by atoms with E-state index in [1.54, 1.807) is 0 Å². The van der Waals surface area contributed by atoms with E-state index in [-0.39, 0.29) is 0 Å². The molecule has 0 aliphatic heterocycles. The summed E-state index contributed by atoms with van der Waals surface area (Å²) in [5.41, 5.74) is 9.26. The number of halogens is 1. The Kier molecular flexibility index (Phi) is 4.83. The van der Waals surface area contributed by atoms with Gasteiger partial charge in [0.05, 0.1) is 0 Å². The number of anilines is 1. The van der Waals surface area contributed by atoms with E-state index in [0.29, 0.717) is 0 Å². The van der Waals surface area contributed by atoms with Crippen molar-refractivity contribution in [3.05, 3.63) is 64.7 Å². The molecule has 3 heteroatoms. The molecule has 0 aromatic heterocycles. The molecule has 100 valence electrons. The molecule has 0 aliphatic carbocycles. The highest BCUT2D eigenvalue weighted by Gasteiger charge is 2.03. The van der Waals surface area contributed by atoms with Crippen LogP contribution in [0.25, 0.3) is 0 Å². The van der Waals surface area contributed by atoms with E-state index in [1.165, 1.54) is 11.1 Å². The second-order valence-corrected chi connectivity index (χ2v) is 5.25. The van der Waals surface area contributed by atoms with Crippen LogP contribution in [-0.4, -0.2) is 18.5 Å². The minimum Gasteiger partial charge on any atom is -0.399 e. The number of nitrogens with two attached hydrogens (primary N) is 1. The van der Waals surface area contributed by atoms with Crippen LogP contribution in [0.4, 0.5) is 5.69 Å². The van der Waals surface area contributed by atoms with E-state index >= 15 is 0 Å². The third kappa shape index (κ3) is 4.27.